The van der Waals surface area contributed by atoms with Gasteiger partial charge in [-0.15, -0.1) is 0 Å². The first-order valence-electron chi connectivity index (χ1n) is 11.8. The van der Waals surface area contributed by atoms with Crippen molar-refractivity contribution >= 4 is 23.3 Å². The highest BCUT2D eigenvalue weighted by atomic mass is 16.5. The van der Waals surface area contributed by atoms with Crippen molar-refractivity contribution in [3.05, 3.63) is 78.2 Å². The van der Waals surface area contributed by atoms with Crippen molar-refractivity contribution in [2.75, 3.05) is 36.9 Å². The third kappa shape index (κ3) is 6.16. The topological polar surface area (TPSA) is 121 Å². The number of nitrogens with one attached hydrogen (secondary N) is 2. The lowest BCUT2D eigenvalue weighted by Crippen LogP contribution is -2.51. The van der Waals surface area contributed by atoms with Crippen LogP contribution in [0.2, 0.25) is 0 Å². The molecule has 10 heteroatoms. The number of hydrogen-bond acceptors (Lipinski definition) is 10. The van der Waals surface area contributed by atoms with Crippen LogP contribution in [-0.4, -0.2) is 67.3 Å². The minimum atomic E-state index is 0.0704. The molecule has 1 aliphatic heterocycles. The SMILES string of the molecule is Cc1cccc(-c2nccc(Nc3ccnc(Nc4ccc(CN5CC(OCCO)C5)cc4)n3)n2)n1. The molecular formula is C26H28N8O2. The van der Waals surface area contributed by atoms with Gasteiger partial charge in [-0.2, -0.15) is 4.98 Å². The van der Waals surface area contributed by atoms with Gasteiger partial charge in [-0.05, 0) is 48.9 Å². The number of aliphatic hydroxyl groups excluding tert-OH is 1. The lowest BCUT2D eigenvalue weighted by atomic mass is 10.1. The van der Waals surface area contributed by atoms with Gasteiger partial charge >= 0.3 is 0 Å². The number of likely N-dealkylation sites (tertiary alicyclic amines) is 1. The molecule has 1 aromatic carbocycles. The lowest BCUT2D eigenvalue weighted by molar-refractivity contribution is -0.0664. The summed E-state index contributed by atoms with van der Waals surface area (Å²) in [6, 6.07) is 17.5. The number of rotatable bonds is 10. The average Bonchev–Trinajstić information content (AvgIpc) is 2.87. The first-order valence-corrected chi connectivity index (χ1v) is 11.8. The van der Waals surface area contributed by atoms with E-state index in [1.807, 2.05) is 37.3 Å². The van der Waals surface area contributed by atoms with Crippen LogP contribution < -0.4 is 10.6 Å². The zero-order valence-corrected chi connectivity index (χ0v) is 20.0. The van der Waals surface area contributed by atoms with Crippen LogP contribution >= 0.6 is 0 Å². The van der Waals surface area contributed by atoms with Gasteiger partial charge in [0.2, 0.25) is 5.95 Å². The summed E-state index contributed by atoms with van der Waals surface area (Å²) < 4.78 is 5.53. The zero-order chi connectivity index (χ0) is 24.7. The van der Waals surface area contributed by atoms with Gasteiger partial charge in [-0.25, -0.2) is 19.9 Å². The molecule has 0 radical (unpaired) electrons. The Kier molecular flexibility index (Phi) is 7.36. The molecule has 0 aliphatic carbocycles. The van der Waals surface area contributed by atoms with Gasteiger partial charge in [0.05, 0.1) is 19.3 Å². The Morgan fingerprint density at radius 2 is 1.69 bits per heavy atom. The molecule has 5 rings (SSSR count). The largest absolute Gasteiger partial charge is 0.394 e. The zero-order valence-electron chi connectivity index (χ0n) is 20.0. The molecule has 0 spiro atoms. The van der Waals surface area contributed by atoms with Crippen LogP contribution in [-0.2, 0) is 11.3 Å². The van der Waals surface area contributed by atoms with Crippen molar-refractivity contribution in [1.29, 1.82) is 0 Å². The Morgan fingerprint density at radius 1 is 0.917 bits per heavy atom. The standard InChI is InChI=1S/C26H28N8O2/c1-18-3-2-4-22(29-18)25-27-11-9-23(32-25)31-24-10-12-28-26(33-24)30-20-7-5-19(6-8-20)15-34-16-21(17-34)36-14-13-35/h2-12,21,35H,13-17H2,1H3,(H2,27,28,30,31,32,33). The first kappa shape index (κ1) is 23.7. The van der Waals surface area contributed by atoms with E-state index in [2.05, 4.69) is 52.6 Å². The average molecular weight is 485 g/mol. The Labute approximate surface area is 209 Å². The number of aryl methyl sites for hydroxylation is 1. The van der Waals surface area contributed by atoms with E-state index >= 15 is 0 Å². The van der Waals surface area contributed by atoms with E-state index in [1.54, 1.807) is 24.5 Å². The second-order valence-corrected chi connectivity index (χ2v) is 8.55. The summed E-state index contributed by atoms with van der Waals surface area (Å²) >= 11 is 0. The van der Waals surface area contributed by atoms with E-state index in [1.165, 1.54) is 5.56 Å². The summed E-state index contributed by atoms with van der Waals surface area (Å²) in [7, 11) is 0. The minimum absolute atomic E-state index is 0.0704. The van der Waals surface area contributed by atoms with Crippen molar-refractivity contribution in [1.82, 2.24) is 29.8 Å². The van der Waals surface area contributed by atoms with Crippen LogP contribution in [0.3, 0.4) is 0 Å². The molecule has 4 aromatic rings. The Bertz CT molecular complexity index is 1300. The summed E-state index contributed by atoms with van der Waals surface area (Å²) in [4.78, 5) is 24.6. The number of hydrogen-bond donors (Lipinski definition) is 3. The molecule has 1 fully saturated rings. The van der Waals surface area contributed by atoms with Crippen molar-refractivity contribution in [3.63, 3.8) is 0 Å². The minimum Gasteiger partial charge on any atom is -0.394 e. The molecule has 1 aliphatic rings. The summed E-state index contributed by atoms with van der Waals surface area (Å²) in [6.07, 6.45) is 3.61. The van der Waals surface area contributed by atoms with E-state index in [0.717, 1.165) is 36.7 Å². The molecule has 10 nitrogen and oxygen atoms in total. The molecule has 0 unspecified atom stereocenters. The predicted molar refractivity (Wildman–Crippen MR) is 137 cm³/mol. The third-order valence-corrected chi connectivity index (χ3v) is 5.67. The van der Waals surface area contributed by atoms with Gasteiger partial charge in [0, 0.05) is 43.4 Å². The molecule has 3 aromatic heterocycles. The van der Waals surface area contributed by atoms with Crippen LogP contribution in [0.15, 0.2) is 67.0 Å². The summed E-state index contributed by atoms with van der Waals surface area (Å²) in [5.41, 5.74) is 3.75. The van der Waals surface area contributed by atoms with Crippen molar-refractivity contribution in [2.45, 2.75) is 19.6 Å². The number of aromatic nitrogens is 5. The third-order valence-electron chi connectivity index (χ3n) is 5.67. The number of aliphatic hydroxyl groups is 1. The maximum atomic E-state index is 8.84. The molecule has 1 saturated heterocycles. The van der Waals surface area contributed by atoms with Crippen molar-refractivity contribution in [2.24, 2.45) is 0 Å². The maximum absolute atomic E-state index is 8.84. The fraction of sp³-hybridized carbons (Fsp3) is 0.269. The number of anilines is 4. The first-order chi connectivity index (χ1) is 17.6. The van der Waals surface area contributed by atoms with Gasteiger partial charge in [-0.1, -0.05) is 18.2 Å². The Hall–Kier alpha value is -3.99. The number of ether oxygens (including phenoxy) is 1. The highest BCUT2D eigenvalue weighted by Gasteiger charge is 2.26. The number of nitrogens with zero attached hydrogens (tertiary/aromatic N) is 6. The number of benzene rings is 1. The summed E-state index contributed by atoms with van der Waals surface area (Å²) in [6.45, 7) is 5.07. The second kappa shape index (κ2) is 11.2. The fourth-order valence-electron chi connectivity index (χ4n) is 3.90. The molecule has 0 amide bonds. The summed E-state index contributed by atoms with van der Waals surface area (Å²) in [5.74, 6) is 2.26. The predicted octanol–water partition coefficient (Wildman–Crippen LogP) is 3.32. The van der Waals surface area contributed by atoms with E-state index in [-0.39, 0.29) is 12.7 Å². The molecule has 4 heterocycles. The molecule has 3 N–H and O–H groups in total. The number of pyridine rings is 1. The normalized spacial score (nSPS) is 13.8. The van der Waals surface area contributed by atoms with Gasteiger partial charge in [0.15, 0.2) is 5.82 Å². The molecule has 184 valence electrons. The van der Waals surface area contributed by atoms with Crippen LogP contribution in [0.5, 0.6) is 0 Å². The molecule has 36 heavy (non-hydrogen) atoms. The Balaban J connectivity index is 1.18. The smallest absolute Gasteiger partial charge is 0.229 e. The van der Waals surface area contributed by atoms with Gasteiger partial charge in [-0.3, -0.25) is 4.90 Å². The monoisotopic (exact) mass is 484 g/mol. The molecule has 0 bridgehead atoms. The van der Waals surface area contributed by atoms with Crippen LogP contribution in [0.1, 0.15) is 11.3 Å². The van der Waals surface area contributed by atoms with Crippen LogP contribution in [0.4, 0.5) is 23.3 Å². The van der Waals surface area contributed by atoms with E-state index in [9.17, 15) is 0 Å². The molecule has 0 atom stereocenters. The second-order valence-electron chi connectivity index (χ2n) is 8.55. The van der Waals surface area contributed by atoms with Crippen LogP contribution in [0.25, 0.3) is 11.5 Å². The fourth-order valence-corrected chi connectivity index (χ4v) is 3.90. The van der Waals surface area contributed by atoms with Gasteiger partial charge in [0.1, 0.15) is 17.3 Å². The van der Waals surface area contributed by atoms with Crippen molar-refractivity contribution < 1.29 is 9.84 Å². The van der Waals surface area contributed by atoms with Crippen LogP contribution in [0, 0.1) is 6.92 Å². The highest BCUT2D eigenvalue weighted by Crippen LogP contribution is 2.21. The van der Waals surface area contributed by atoms with E-state index < -0.39 is 0 Å². The summed E-state index contributed by atoms with van der Waals surface area (Å²) in [5, 5.41) is 15.3. The van der Waals surface area contributed by atoms with Gasteiger partial charge < -0.3 is 20.5 Å². The Morgan fingerprint density at radius 3 is 2.47 bits per heavy atom. The van der Waals surface area contributed by atoms with E-state index in [4.69, 9.17) is 9.84 Å². The quantitative estimate of drug-likeness (QED) is 0.309. The van der Waals surface area contributed by atoms with E-state index in [0.29, 0.717) is 30.0 Å². The molecular weight excluding hydrogens is 456 g/mol. The lowest BCUT2D eigenvalue weighted by Gasteiger charge is -2.38. The maximum Gasteiger partial charge on any atom is 0.229 e. The van der Waals surface area contributed by atoms with Crippen molar-refractivity contribution in [3.8, 4) is 11.5 Å². The highest BCUT2D eigenvalue weighted by molar-refractivity contribution is 5.59. The van der Waals surface area contributed by atoms with Gasteiger partial charge in [0.25, 0.3) is 0 Å². The molecule has 0 saturated carbocycles.